The molecule has 3 rings (SSSR count). The molecule has 1 aromatic heterocycles. The van der Waals surface area contributed by atoms with Gasteiger partial charge < -0.3 is 10.1 Å². The van der Waals surface area contributed by atoms with Gasteiger partial charge in [0.15, 0.2) is 9.84 Å². The fraction of sp³-hybridized carbons (Fsp3) is 0.238. The van der Waals surface area contributed by atoms with Crippen molar-refractivity contribution in [3.8, 4) is 5.75 Å². The van der Waals surface area contributed by atoms with Crippen LogP contribution >= 0.6 is 0 Å². The van der Waals surface area contributed by atoms with Crippen molar-refractivity contribution in [2.75, 3.05) is 17.3 Å². The number of aryl methyl sites for hydroxylation is 1. The van der Waals surface area contributed by atoms with Crippen molar-refractivity contribution in [1.82, 2.24) is 4.98 Å². The molecule has 2 aromatic carbocycles. The number of sulfone groups is 1. The van der Waals surface area contributed by atoms with E-state index in [1.807, 2.05) is 44.2 Å². The van der Waals surface area contributed by atoms with Crippen molar-refractivity contribution < 1.29 is 17.9 Å². The summed E-state index contributed by atoms with van der Waals surface area (Å²) in [6, 6.07) is 11.4. The number of nitrogens with one attached hydrogen (secondary N) is 1. The molecule has 0 aliphatic heterocycles. The third-order valence-electron chi connectivity index (χ3n) is 4.51. The molecular weight excluding hydrogens is 376 g/mol. The summed E-state index contributed by atoms with van der Waals surface area (Å²) in [5.41, 5.74) is 3.41. The van der Waals surface area contributed by atoms with Crippen molar-refractivity contribution in [2.24, 2.45) is 0 Å². The van der Waals surface area contributed by atoms with Crippen molar-refractivity contribution >= 4 is 32.2 Å². The Kier molecular flexibility index (Phi) is 5.65. The van der Waals surface area contributed by atoms with E-state index in [1.54, 1.807) is 18.5 Å². The fourth-order valence-electron chi connectivity index (χ4n) is 3.04. The lowest BCUT2D eigenvalue weighted by Gasteiger charge is -2.16. The number of aromatic nitrogens is 1. The van der Waals surface area contributed by atoms with Gasteiger partial charge in [0.05, 0.1) is 0 Å². The van der Waals surface area contributed by atoms with Gasteiger partial charge in [0.25, 0.3) is 0 Å². The van der Waals surface area contributed by atoms with Crippen LogP contribution in [0.25, 0.3) is 10.8 Å². The number of carbonyl (C=O) groups excluding carboxylic acids is 1. The van der Waals surface area contributed by atoms with E-state index in [2.05, 4.69) is 10.3 Å². The van der Waals surface area contributed by atoms with Crippen LogP contribution in [-0.4, -0.2) is 31.3 Å². The van der Waals surface area contributed by atoms with Gasteiger partial charge in [-0.1, -0.05) is 18.2 Å². The number of hydrogen-bond acceptors (Lipinski definition) is 5. The molecule has 7 heteroatoms. The van der Waals surface area contributed by atoms with Gasteiger partial charge in [0, 0.05) is 35.1 Å². The molecule has 0 saturated heterocycles. The minimum absolute atomic E-state index is 0.328. The molecule has 28 heavy (non-hydrogen) atoms. The Morgan fingerprint density at radius 2 is 1.93 bits per heavy atom. The van der Waals surface area contributed by atoms with E-state index in [9.17, 15) is 13.2 Å². The highest BCUT2D eigenvalue weighted by atomic mass is 32.2. The van der Waals surface area contributed by atoms with E-state index < -0.39 is 21.5 Å². The number of carbonyl (C=O) groups is 1. The van der Waals surface area contributed by atoms with Crippen LogP contribution in [0.15, 0.2) is 48.8 Å². The van der Waals surface area contributed by atoms with Crippen molar-refractivity contribution in [3.05, 3.63) is 65.5 Å². The molecule has 0 saturated carbocycles. The quantitative estimate of drug-likeness (QED) is 0.688. The lowest BCUT2D eigenvalue weighted by Crippen LogP contribution is -2.22. The maximum atomic E-state index is 12.0. The number of pyridine rings is 1. The molecule has 0 unspecified atom stereocenters. The normalized spacial score (nSPS) is 11.4. The predicted octanol–water partition coefficient (Wildman–Crippen LogP) is 3.41. The molecule has 0 atom stereocenters. The molecule has 0 radical (unpaired) electrons. The van der Waals surface area contributed by atoms with Gasteiger partial charge in [-0.25, -0.2) is 8.42 Å². The van der Waals surface area contributed by atoms with Crippen molar-refractivity contribution in [1.29, 1.82) is 0 Å². The number of hydrogen-bond donors (Lipinski definition) is 1. The molecule has 1 amide bonds. The first-order chi connectivity index (χ1) is 13.2. The molecule has 0 aliphatic rings. The first kappa shape index (κ1) is 19.8. The summed E-state index contributed by atoms with van der Waals surface area (Å²) in [6.07, 6.45) is 4.55. The fourth-order valence-corrected chi connectivity index (χ4v) is 3.59. The van der Waals surface area contributed by atoms with Gasteiger partial charge in [-0.2, -0.15) is 0 Å². The van der Waals surface area contributed by atoms with E-state index in [0.717, 1.165) is 39.5 Å². The Balaban J connectivity index is 1.83. The SMILES string of the molecule is Cc1ccc(NC(=O)CS(C)(=O)=O)c(C)c1COc1cccc2cnccc12. The Bertz CT molecular complexity index is 1140. The van der Waals surface area contributed by atoms with E-state index in [0.29, 0.717) is 12.3 Å². The molecule has 146 valence electrons. The largest absolute Gasteiger partial charge is 0.488 e. The zero-order chi connectivity index (χ0) is 20.3. The molecule has 0 aliphatic carbocycles. The second-order valence-corrected chi connectivity index (χ2v) is 8.93. The second kappa shape index (κ2) is 7.98. The molecule has 0 fully saturated rings. The van der Waals surface area contributed by atoms with Gasteiger partial charge >= 0.3 is 0 Å². The number of benzene rings is 2. The van der Waals surface area contributed by atoms with Crippen LogP contribution in [0, 0.1) is 13.8 Å². The minimum atomic E-state index is -3.38. The summed E-state index contributed by atoms with van der Waals surface area (Å²) < 4.78 is 28.7. The zero-order valence-electron chi connectivity index (χ0n) is 16.0. The first-order valence-electron chi connectivity index (χ1n) is 8.77. The molecule has 3 aromatic rings. The Labute approximate surface area is 164 Å². The van der Waals surface area contributed by atoms with E-state index in [1.165, 1.54) is 0 Å². The minimum Gasteiger partial charge on any atom is -0.488 e. The number of anilines is 1. The third kappa shape index (κ3) is 4.67. The highest BCUT2D eigenvalue weighted by Crippen LogP contribution is 2.28. The number of fused-ring (bicyclic) bond motifs is 1. The number of nitrogens with zero attached hydrogens (tertiary/aromatic N) is 1. The Hall–Kier alpha value is -2.93. The predicted molar refractivity (Wildman–Crippen MR) is 110 cm³/mol. The standard InChI is InChI=1S/C21H22N2O4S/c1-14-7-8-19(23-21(24)13-28(3,25)26)15(2)18(14)12-27-20-6-4-5-16-11-22-10-9-17(16)20/h4-11H,12-13H2,1-3H3,(H,23,24). The summed E-state index contributed by atoms with van der Waals surface area (Å²) in [4.78, 5) is 16.1. The summed E-state index contributed by atoms with van der Waals surface area (Å²) in [7, 11) is -3.38. The maximum absolute atomic E-state index is 12.0. The summed E-state index contributed by atoms with van der Waals surface area (Å²) in [5, 5.41) is 4.65. The monoisotopic (exact) mass is 398 g/mol. The number of amides is 1. The summed E-state index contributed by atoms with van der Waals surface area (Å²) in [5.74, 6) is -0.344. The van der Waals surface area contributed by atoms with Crippen LogP contribution in [0.2, 0.25) is 0 Å². The first-order valence-corrected chi connectivity index (χ1v) is 10.8. The van der Waals surface area contributed by atoms with Gasteiger partial charge in [0.1, 0.15) is 18.1 Å². The average molecular weight is 398 g/mol. The van der Waals surface area contributed by atoms with Gasteiger partial charge in [0.2, 0.25) is 5.91 Å². The van der Waals surface area contributed by atoms with E-state index in [-0.39, 0.29) is 0 Å². The molecule has 0 bridgehead atoms. The van der Waals surface area contributed by atoms with E-state index >= 15 is 0 Å². The molecule has 1 heterocycles. The zero-order valence-corrected chi connectivity index (χ0v) is 16.8. The van der Waals surface area contributed by atoms with Crippen LogP contribution < -0.4 is 10.1 Å². The Morgan fingerprint density at radius 3 is 2.68 bits per heavy atom. The number of rotatable bonds is 6. The van der Waals surface area contributed by atoms with Crippen molar-refractivity contribution in [3.63, 3.8) is 0 Å². The smallest absolute Gasteiger partial charge is 0.239 e. The number of ether oxygens (including phenoxy) is 1. The van der Waals surface area contributed by atoms with Gasteiger partial charge in [-0.05, 0) is 48.7 Å². The molecular formula is C21H22N2O4S. The maximum Gasteiger partial charge on any atom is 0.239 e. The lowest BCUT2D eigenvalue weighted by atomic mass is 10.0. The lowest BCUT2D eigenvalue weighted by molar-refractivity contribution is -0.113. The topological polar surface area (TPSA) is 85.4 Å². The van der Waals surface area contributed by atoms with Crippen LogP contribution in [0.4, 0.5) is 5.69 Å². The Morgan fingerprint density at radius 1 is 1.14 bits per heavy atom. The molecule has 6 nitrogen and oxygen atoms in total. The summed E-state index contributed by atoms with van der Waals surface area (Å²) in [6.45, 7) is 4.19. The van der Waals surface area contributed by atoms with Gasteiger partial charge in [-0.3, -0.25) is 9.78 Å². The molecule has 0 spiro atoms. The second-order valence-electron chi connectivity index (χ2n) is 6.79. The third-order valence-corrected chi connectivity index (χ3v) is 5.30. The average Bonchev–Trinajstić information content (AvgIpc) is 2.62. The summed E-state index contributed by atoms with van der Waals surface area (Å²) >= 11 is 0. The highest BCUT2D eigenvalue weighted by molar-refractivity contribution is 7.91. The highest BCUT2D eigenvalue weighted by Gasteiger charge is 2.15. The van der Waals surface area contributed by atoms with Crippen LogP contribution in [0.5, 0.6) is 5.75 Å². The molecule has 1 N–H and O–H groups in total. The van der Waals surface area contributed by atoms with E-state index in [4.69, 9.17) is 4.74 Å². The van der Waals surface area contributed by atoms with Crippen LogP contribution in [-0.2, 0) is 21.2 Å². The van der Waals surface area contributed by atoms with Gasteiger partial charge in [-0.15, -0.1) is 0 Å². The van der Waals surface area contributed by atoms with Crippen LogP contribution in [0.3, 0.4) is 0 Å². The van der Waals surface area contributed by atoms with Crippen LogP contribution in [0.1, 0.15) is 16.7 Å². The van der Waals surface area contributed by atoms with Crippen molar-refractivity contribution in [2.45, 2.75) is 20.5 Å².